The number of hydrogen-bond donors (Lipinski definition) is 0. The molecule has 0 radical (unpaired) electrons. The Balaban J connectivity index is 2.06. The fourth-order valence-electron chi connectivity index (χ4n) is 2.12. The summed E-state index contributed by atoms with van der Waals surface area (Å²) in [5.41, 5.74) is 2.50. The summed E-state index contributed by atoms with van der Waals surface area (Å²) >= 11 is 1.43. The van der Waals surface area contributed by atoms with Crippen LogP contribution < -0.4 is 4.74 Å². The van der Waals surface area contributed by atoms with E-state index >= 15 is 0 Å². The lowest BCUT2D eigenvalue weighted by Crippen LogP contribution is -1.92. The maximum Gasteiger partial charge on any atom is 0.270 e. The Bertz CT molecular complexity index is 815. The first-order valence-corrected chi connectivity index (χ1v) is 7.41. The average molecular weight is 312 g/mol. The summed E-state index contributed by atoms with van der Waals surface area (Å²) in [6.07, 6.45) is 0. The molecule has 5 nitrogen and oxygen atoms in total. The van der Waals surface area contributed by atoms with Crippen molar-refractivity contribution in [3.05, 3.63) is 64.0 Å². The zero-order chi connectivity index (χ0) is 15.5. The van der Waals surface area contributed by atoms with Gasteiger partial charge in [-0.3, -0.25) is 10.1 Å². The van der Waals surface area contributed by atoms with Gasteiger partial charge >= 0.3 is 0 Å². The summed E-state index contributed by atoms with van der Waals surface area (Å²) in [6, 6.07) is 14.3. The van der Waals surface area contributed by atoms with Gasteiger partial charge in [-0.15, -0.1) is 11.3 Å². The standard InChI is InChI=1S/C16H12N2O3S/c1-21-15-8-7-12(18(19)20)9-13(15)16-17-14(10-22-16)11-5-3-2-4-6-11/h2-10H,1H3. The normalized spacial score (nSPS) is 10.4. The molecule has 3 rings (SSSR count). The monoisotopic (exact) mass is 312 g/mol. The van der Waals surface area contributed by atoms with Crippen LogP contribution >= 0.6 is 11.3 Å². The number of thiazole rings is 1. The number of nitro benzene ring substituents is 1. The van der Waals surface area contributed by atoms with Crippen LogP contribution in [-0.2, 0) is 0 Å². The lowest BCUT2D eigenvalue weighted by molar-refractivity contribution is -0.384. The number of ether oxygens (including phenoxy) is 1. The fourth-order valence-corrected chi connectivity index (χ4v) is 2.97. The molecule has 1 heterocycles. The smallest absolute Gasteiger partial charge is 0.270 e. The van der Waals surface area contributed by atoms with Gasteiger partial charge in [0.2, 0.25) is 0 Å². The minimum atomic E-state index is -0.422. The van der Waals surface area contributed by atoms with Crippen molar-refractivity contribution in [1.29, 1.82) is 0 Å². The highest BCUT2D eigenvalue weighted by molar-refractivity contribution is 7.13. The predicted octanol–water partition coefficient (Wildman–Crippen LogP) is 4.39. The molecule has 0 bridgehead atoms. The van der Waals surface area contributed by atoms with Gasteiger partial charge in [0.25, 0.3) is 5.69 Å². The number of aromatic nitrogens is 1. The second kappa shape index (κ2) is 5.95. The van der Waals surface area contributed by atoms with Crippen molar-refractivity contribution in [3.63, 3.8) is 0 Å². The van der Waals surface area contributed by atoms with Gasteiger partial charge in [-0.05, 0) is 6.07 Å². The maximum absolute atomic E-state index is 11.0. The third kappa shape index (κ3) is 2.68. The van der Waals surface area contributed by atoms with Crippen molar-refractivity contribution in [1.82, 2.24) is 4.98 Å². The molecule has 0 fully saturated rings. The number of benzene rings is 2. The fraction of sp³-hybridized carbons (Fsp3) is 0.0625. The number of nitro groups is 1. The third-order valence-electron chi connectivity index (χ3n) is 3.20. The van der Waals surface area contributed by atoms with Crippen molar-refractivity contribution < 1.29 is 9.66 Å². The van der Waals surface area contributed by atoms with E-state index in [4.69, 9.17) is 4.74 Å². The molecule has 3 aromatic rings. The van der Waals surface area contributed by atoms with E-state index < -0.39 is 4.92 Å². The van der Waals surface area contributed by atoms with Crippen molar-refractivity contribution in [2.24, 2.45) is 0 Å². The molecule has 6 heteroatoms. The predicted molar refractivity (Wildman–Crippen MR) is 86.2 cm³/mol. The van der Waals surface area contributed by atoms with E-state index in [9.17, 15) is 10.1 Å². The summed E-state index contributed by atoms with van der Waals surface area (Å²) in [4.78, 5) is 15.1. The summed E-state index contributed by atoms with van der Waals surface area (Å²) < 4.78 is 5.29. The van der Waals surface area contributed by atoms with Crippen LogP contribution in [0, 0.1) is 10.1 Å². The highest BCUT2D eigenvalue weighted by Gasteiger charge is 2.16. The van der Waals surface area contributed by atoms with Crippen molar-refractivity contribution >= 4 is 17.0 Å². The van der Waals surface area contributed by atoms with E-state index in [0.29, 0.717) is 16.3 Å². The molecule has 1 aromatic heterocycles. The largest absolute Gasteiger partial charge is 0.496 e. The SMILES string of the molecule is COc1ccc([N+](=O)[O-])cc1-c1nc(-c2ccccc2)cs1. The Morgan fingerprint density at radius 3 is 2.64 bits per heavy atom. The molecule has 0 atom stereocenters. The van der Waals surface area contributed by atoms with Crippen LogP contribution in [0.3, 0.4) is 0 Å². The summed E-state index contributed by atoms with van der Waals surface area (Å²) in [7, 11) is 1.54. The van der Waals surface area contributed by atoms with Crippen LogP contribution in [-0.4, -0.2) is 17.0 Å². The Hall–Kier alpha value is -2.73. The highest BCUT2D eigenvalue weighted by Crippen LogP contribution is 2.36. The molecule has 0 aliphatic rings. The van der Waals surface area contributed by atoms with Crippen molar-refractivity contribution in [2.75, 3.05) is 7.11 Å². The van der Waals surface area contributed by atoms with E-state index in [1.165, 1.54) is 30.6 Å². The topological polar surface area (TPSA) is 65.3 Å². The number of nitrogens with zero attached hydrogens (tertiary/aromatic N) is 2. The minimum Gasteiger partial charge on any atom is -0.496 e. The van der Waals surface area contributed by atoms with Gasteiger partial charge in [0.05, 0.1) is 23.3 Å². The maximum atomic E-state index is 11.0. The summed E-state index contributed by atoms with van der Waals surface area (Å²) in [6.45, 7) is 0. The molecular formula is C16H12N2O3S. The average Bonchev–Trinajstić information content (AvgIpc) is 3.05. The van der Waals surface area contributed by atoms with Gasteiger partial charge in [0, 0.05) is 23.1 Å². The van der Waals surface area contributed by atoms with E-state index in [-0.39, 0.29) is 5.69 Å². The first-order chi connectivity index (χ1) is 10.7. The molecule has 0 aliphatic heterocycles. The second-order valence-corrected chi connectivity index (χ2v) is 5.40. The zero-order valence-corrected chi connectivity index (χ0v) is 12.5. The second-order valence-electron chi connectivity index (χ2n) is 4.55. The first-order valence-electron chi connectivity index (χ1n) is 6.53. The molecular weight excluding hydrogens is 300 g/mol. The van der Waals surface area contributed by atoms with Crippen molar-refractivity contribution in [2.45, 2.75) is 0 Å². The molecule has 0 unspecified atom stereocenters. The molecule has 110 valence electrons. The van der Waals surface area contributed by atoms with E-state index in [2.05, 4.69) is 4.98 Å². The molecule has 2 aromatic carbocycles. The Morgan fingerprint density at radius 2 is 1.95 bits per heavy atom. The van der Waals surface area contributed by atoms with E-state index in [1.807, 2.05) is 35.7 Å². The highest BCUT2D eigenvalue weighted by atomic mass is 32.1. The van der Waals surface area contributed by atoms with Gasteiger partial charge in [0.1, 0.15) is 10.8 Å². The number of methoxy groups -OCH3 is 1. The van der Waals surface area contributed by atoms with Crippen LogP contribution in [0.1, 0.15) is 0 Å². The Labute approximate surface area is 131 Å². The molecule has 0 aliphatic carbocycles. The van der Waals surface area contributed by atoms with Crippen LogP contribution in [0.5, 0.6) is 5.75 Å². The van der Waals surface area contributed by atoms with Crippen LogP contribution in [0.2, 0.25) is 0 Å². The van der Waals surface area contributed by atoms with Gasteiger partial charge in [-0.1, -0.05) is 30.3 Å². The quantitative estimate of drug-likeness (QED) is 0.529. The third-order valence-corrected chi connectivity index (χ3v) is 4.07. The minimum absolute atomic E-state index is 0.0206. The van der Waals surface area contributed by atoms with Crippen LogP contribution in [0.4, 0.5) is 5.69 Å². The number of rotatable bonds is 4. The first kappa shape index (κ1) is 14.2. The molecule has 22 heavy (non-hydrogen) atoms. The van der Waals surface area contributed by atoms with Gasteiger partial charge in [0.15, 0.2) is 0 Å². The lowest BCUT2D eigenvalue weighted by Gasteiger charge is -2.05. The van der Waals surface area contributed by atoms with Crippen LogP contribution in [0.25, 0.3) is 21.8 Å². The zero-order valence-electron chi connectivity index (χ0n) is 11.7. The number of hydrogen-bond acceptors (Lipinski definition) is 5. The van der Waals surface area contributed by atoms with Crippen molar-refractivity contribution in [3.8, 4) is 27.6 Å². The molecule has 0 amide bonds. The molecule has 0 saturated heterocycles. The van der Waals surface area contributed by atoms with Gasteiger partial charge in [-0.2, -0.15) is 0 Å². The van der Waals surface area contributed by atoms with Gasteiger partial charge in [-0.25, -0.2) is 4.98 Å². The molecule has 0 spiro atoms. The number of non-ortho nitro benzene ring substituents is 1. The van der Waals surface area contributed by atoms with E-state index in [0.717, 1.165) is 11.3 Å². The molecule has 0 saturated carbocycles. The Morgan fingerprint density at radius 1 is 1.18 bits per heavy atom. The Kier molecular flexibility index (Phi) is 3.84. The van der Waals surface area contributed by atoms with Gasteiger partial charge < -0.3 is 4.74 Å². The summed E-state index contributed by atoms with van der Waals surface area (Å²) in [5.74, 6) is 0.569. The van der Waals surface area contributed by atoms with E-state index in [1.54, 1.807) is 6.07 Å². The van der Waals surface area contributed by atoms with Crippen LogP contribution in [0.15, 0.2) is 53.9 Å². The summed E-state index contributed by atoms with van der Waals surface area (Å²) in [5, 5.41) is 13.6. The lowest BCUT2D eigenvalue weighted by atomic mass is 10.1. The molecule has 0 N–H and O–H groups in total.